The number of rotatable bonds is 4. The van der Waals surface area contributed by atoms with Crippen LogP contribution in [0.15, 0.2) is 47.2 Å². The molecule has 0 aliphatic carbocycles. The van der Waals surface area contributed by atoms with Gasteiger partial charge in [0.05, 0.1) is 0 Å². The van der Waals surface area contributed by atoms with Crippen molar-refractivity contribution in [2.45, 2.75) is 6.92 Å². The summed E-state index contributed by atoms with van der Waals surface area (Å²) in [5.74, 6) is 1.29. The van der Waals surface area contributed by atoms with Gasteiger partial charge in [-0.3, -0.25) is 0 Å². The Morgan fingerprint density at radius 2 is 1.79 bits per heavy atom. The largest absolute Gasteiger partial charge is 1.00 e. The van der Waals surface area contributed by atoms with Gasteiger partial charge in [-0.1, -0.05) is 17.3 Å². The topological polar surface area (TPSA) is 117 Å². The molecule has 2 aromatic carbocycles. The minimum absolute atomic E-state index is 0. The summed E-state index contributed by atoms with van der Waals surface area (Å²) in [5.41, 5.74) is 3.71. The average molecular weight is 419 g/mol. The summed E-state index contributed by atoms with van der Waals surface area (Å²) in [7, 11) is -5.09. The van der Waals surface area contributed by atoms with Gasteiger partial charge in [0, 0.05) is 11.1 Å². The molecule has 0 saturated carbocycles. The van der Waals surface area contributed by atoms with Gasteiger partial charge in [0.15, 0.2) is 11.5 Å². The van der Waals surface area contributed by atoms with E-state index < -0.39 is 7.82 Å². The zero-order valence-electron chi connectivity index (χ0n) is 15.5. The van der Waals surface area contributed by atoms with E-state index in [0.717, 1.165) is 16.7 Å². The summed E-state index contributed by atoms with van der Waals surface area (Å²) < 4.78 is 31.0. The summed E-state index contributed by atoms with van der Waals surface area (Å²) in [5, 5.41) is 4.06. The molecule has 2 heterocycles. The van der Waals surface area contributed by atoms with Gasteiger partial charge in [0.25, 0.3) is 0 Å². The predicted octanol–water partition coefficient (Wildman–Crippen LogP) is -3.74. The van der Waals surface area contributed by atoms with Crippen molar-refractivity contribution in [1.29, 1.82) is 0 Å². The number of aryl methyl sites for hydroxylation is 1. The normalized spacial score (nSPS) is 12.1. The van der Waals surface area contributed by atoms with Crippen molar-refractivity contribution >= 4 is 7.82 Å². The maximum absolute atomic E-state index is 10.7. The smallest absolute Gasteiger partial charge is 0.780 e. The van der Waals surface area contributed by atoms with E-state index in [1.54, 1.807) is 12.1 Å². The second kappa shape index (κ2) is 9.34. The molecule has 8 nitrogen and oxygen atoms in total. The van der Waals surface area contributed by atoms with Crippen LogP contribution in [0.5, 0.6) is 17.2 Å². The Bertz CT molecular complexity index is 1020. The third-order valence-electron chi connectivity index (χ3n) is 3.88. The van der Waals surface area contributed by atoms with Crippen LogP contribution in [-0.2, 0) is 4.57 Å². The SMILES string of the molecule is Cc1cc(-c2nocc2-c2ccc(OP(=O)([O-])[O-])cc2)cc2c1OCO2.[Na+].[Na+]. The van der Waals surface area contributed by atoms with Gasteiger partial charge in [0.1, 0.15) is 25.5 Å². The fraction of sp³-hybridized carbons (Fsp3) is 0.118. The van der Waals surface area contributed by atoms with Crippen molar-refractivity contribution in [3.63, 3.8) is 0 Å². The minimum Gasteiger partial charge on any atom is -0.780 e. The number of hydrogen-bond acceptors (Lipinski definition) is 8. The van der Waals surface area contributed by atoms with Crippen molar-refractivity contribution in [3.8, 4) is 39.6 Å². The number of phosphoric ester groups is 1. The zero-order valence-corrected chi connectivity index (χ0v) is 20.4. The van der Waals surface area contributed by atoms with Crippen LogP contribution in [-0.4, -0.2) is 11.9 Å². The van der Waals surface area contributed by atoms with Crippen LogP contribution in [0.3, 0.4) is 0 Å². The number of nitrogens with zero attached hydrogens (tertiary/aromatic N) is 1. The number of fused-ring (bicyclic) bond motifs is 1. The van der Waals surface area contributed by atoms with Crippen LogP contribution >= 0.6 is 7.82 Å². The minimum atomic E-state index is -5.09. The molecular formula is C17H12NNa2O7P. The number of phosphoric acid groups is 1. The molecule has 4 rings (SSSR count). The Balaban J connectivity index is 0.00000140. The summed E-state index contributed by atoms with van der Waals surface area (Å²) in [4.78, 5) is 21.4. The molecule has 28 heavy (non-hydrogen) atoms. The Labute approximate surface area is 205 Å². The maximum atomic E-state index is 10.7. The molecule has 0 radical (unpaired) electrons. The van der Waals surface area contributed by atoms with Gasteiger partial charge in [-0.15, -0.1) is 0 Å². The standard InChI is InChI=1S/C17H14NO7P.2Na/c1-10-6-12(7-15-17(10)23-9-22-15)16-14(8-24-18-16)11-2-4-13(5-3-11)25-26(19,20)21;;/h2-8H,9H2,1H3,(H2,19,20,21);;/q;2*+1/p-2. The summed E-state index contributed by atoms with van der Waals surface area (Å²) >= 11 is 0. The molecule has 0 atom stereocenters. The molecule has 0 saturated heterocycles. The summed E-state index contributed by atoms with van der Waals surface area (Å²) in [6.07, 6.45) is 1.48. The number of aromatic nitrogens is 1. The Morgan fingerprint density at radius 3 is 2.46 bits per heavy atom. The summed E-state index contributed by atoms with van der Waals surface area (Å²) in [6, 6.07) is 9.73. The van der Waals surface area contributed by atoms with Crippen molar-refractivity contribution in [1.82, 2.24) is 5.16 Å². The predicted molar refractivity (Wildman–Crippen MR) is 86.5 cm³/mol. The van der Waals surface area contributed by atoms with Crippen LogP contribution in [0.2, 0.25) is 0 Å². The Morgan fingerprint density at radius 1 is 1.07 bits per heavy atom. The van der Waals surface area contributed by atoms with Gasteiger partial charge in [-0.25, -0.2) is 0 Å². The quantitative estimate of drug-likeness (QED) is 0.313. The molecule has 0 amide bonds. The third kappa shape index (κ3) is 5.02. The maximum Gasteiger partial charge on any atom is 1.00 e. The molecule has 0 N–H and O–H groups in total. The van der Waals surface area contributed by atoms with Gasteiger partial charge in [-0.05, 0) is 42.3 Å². The number of hydrogen-bond donors (Lipinski definition) is 0. The van der Waals surface area contributed by atoms with E-state index in [2.05, 4.69) is 9.68 Å². The first-order valence-electron chi connectivity index (χ1n) is 7.58. The van der Waals surface area contributed by atoms with Crippen molar-refractivity contribution in [2.75, 3.05) is 6.79 Å². The van der Waals surface area contributed by atoms with E-state index in [1.807, 2.05) is 19.1 Å². The molecule has 1 aromatic heterocycles. The van der Waals surface area contributed by atoms with Crippen molar-refractivity contribution < 1.29 is 92.0 Å². The second-order valence-corrected chi connectivity index (χ2v) is 6.74. The van der Waals surface area contributed by atoms with Crippen LogP contribution in [0.25, 0.3) is 22.4 Å². The van der Waals surface area contributed by atoms with Crippen LogP contribution in [0.1, 0.15) is 5.56 Å². The molecule has 0 spiro atoms. The first kappa shape index (κ1) is 23.5. The molecule has 11 heteroatoms. The van der Waals surface area contributed by atoms with E-state index >= 15 is 0 Å². The first-order valence-corrected chi connectivity index (χ1v) is 9.04. The van der Waals surface area contributed by atoms with Gasteiger partial charge in [0.2, 0.25) is 6.79 Å². The molecule has 1 aliphatic heterocycles. The van der Waals surface area contributed by atoms with E-state index in [4.69, 9.17) is 14.0 Å². The monoisotopic (exact) mass is 419 g/mol. The average Bonchev–Trinajstić information content (AvgIpc) is 3.23. The fourth-order valence-electron chi connectivity index (χ4n) is 2.80. The zero-order chi connectivity index (χ0) is 18.3. The van der Waals surface area contributed by atoms with Crippen LogP contribution in [0.4, 0.5) is 0 Å². The molecule has 0 bridgehead atoms. The number of benzene rings is 2. The Hall–Kier alpha value is -0.800. The third-order valence-corrected chi connectivity index (χ3v) is 4.32. The van der Waals surface area contributed by atoms with E-state index in [-0.39, 0.29) is 71.7 Å². The van der Waals surface area contributed by atoms with E-state index in [9.17, 15) is 14.4 Å². The molecule has 0 unspecified atom stereocenters. The Kier molecular flexibility index (Phi) is 7.83. The molecule has 3 aromatic rings. The molecule has 1 aliphatic rings. The molecular weight excluding hydrogens is 407 g/mol. The number of ether oxygens (including phenoxy) is 2. The van der Waals surface area contributed by atoms with Crippen LogP contribution in [0, 0.1) is 6.92 Å². The van der Waals surface area contributed by atoms with Crippen molar-refractivity contribution in [2.24, 2.45) is 0 Å². The fourth-order valence-corrected chi connectivity index (χ4v) is 3.18. The van der Waals surface area contributed by atoms with E-state index in [1.165, 1.54) is 18.4 Å². The first-order chi connectivity index (χ1) is 12.4. The van der Waals surface area contributed by atoms with Gasteiger partial charge in [-0.2, -0.15) is 0 Å². The summed E-state index contributed by atoms with van der Waals surface area (Å²) in [6.45, 7) is 2.09. The van der Waals surface area contributed by atoms with Crippen LogP contribution < -0.4 is 82.9 Å². The van der Waals surface area contributed by atoms with E-state index in [0.29, 0.717) is 22.8 Å². The molecule has 0 fully saturated rings. The van der Waals surface area contributed by atoms with Gasteiger partial charge < -0.3 is 32.9 Å². The van der Waals surface area contributed by atoms with Crippen molar-refractivity contribution in [3.05, 3.63) is 48.2 Å². The second-order valence-electron chi connectivity index (χ2n) is 5.67. The van der Waals surface area contributed by atoms with Gasteiger partial charge >= 0.3 is 59.1 Å². The molecule has 134 valence electrons.